The Kier molecular flexibility index (Phi) is 5.93. The minimum atomic E-state index is -0.0658. The Morgan fingerprint density at radius 3 is 2.81 bits per heavy atom. The molecule has 16 heavy (non-hydrogen) atoms. The van der Waals surface area contributed by atoms with E-state index < -0.39 is 0 Å². The molecule has 0 atom stereocenters. The van der Waals surface area contributed by atoms with Crippen molar-refractivity contribution in [3.05, 3.63) is 21.9 Å². The fourth-order valence-electron chi connectivity index (χ4n) is 1.39. The van der Waals surface area contributed by atoms with Crippen molar-refractivity contribution < 1.29 is 4.79 Å². The van der Waals surface area contributed by atoms with Crippen LogP contribution in [0.2, 0.25) is 0 Å². The number of aryl methyl sites for hydroxylation is 1. The highest BCUT2D eigenvalue weighted by Crippen LogP contribution is 2.14. The summed E-state index contributed by atoms with van der Waals surface area (Å²) >= 11 is 1.68. The van der Waals surface area contributed by atoms with Crippen LogP contribution in [0.3, 0.4) is 0 Å². The summed E-state index contributed by atoms with van der Waals surface area (Å²) < 4.78 is 0. The van der Waals surface area contributed by atoms with Crippen molar-refractivity contribution in [1.82, 2.24) is 10.6 Å². The second kappa shape index (κ2) is 7.28. The van der Waals surface area contributed by atoms with Crippen molar-refractivity contribution in [3.63, 3.8) is 0 Å². The second-order valence-electron chi connectivity index (χ2n) is 3.84. The van der Waals surface area contributed by atoms with E-state index in [0.29, 0.717) is 6.54 Å². The number of hydrogen-bond acceptors (Lipinski definition) is 2. The Hall–Kier alpha value is -1.03. The number of unbranched alkanes of at least 4 members (excludes halogenated alkanes) is 2. The van der Waals surface area contributed by atoms with Crippen molar-refractivity contribution in [1.29, 1.82) is 0 Å². The molecule has 0 aliphatic carbocycles. The van der Waals surface area contributed by atoms with Gasteiger partial charge < -0.3 is 10.6 Å². The van der Waals surface area contributed by atoms with Gasteiger partial charge in [-0.05, 0) is 30.4 Å². The van der Waals surface area contributed by atoms with Crippen LogP contribution in [0.4, 0.5) is 4.79 Å². The lowest BCUT2D eigenvalue weighted by Crippen LogP contribution is -2.35. The molecule has 0 saturated carbocycles. The fourth-order valence-corrected chi connectivity index (χ4v) is 2.23. The number of urea groups is 1. The quantitative estimate of drug-likeness (QED) is 0.737. The number of amides is 2. The van der Waals surface area contributed by atoms with E-state index in [2.05, 4.69) is 30.5 Å². The van der Waals surface area contributed by atoms with Gasteiger partial charge in [0.1, 0.15) is 0 Å². The highest BCUT2D eigenvalue weighted by Gasteiger charge is 2.02. The number of nitrogens with one attached hydrogen (secondary N) is 2. The molecule has 0 bridgehead atoms. The Morgan fingerprint density at radius 1 is 1.38 bits per heavy atom. The maximum atomic E-state index is 11.4. The van der Waals surface area contributed by atoms with Crippen LogP contribution < -0.4 is 10.6 Å². The Balaban J connectivity index is 2.13. The molecule has 0 fully saturated rings. The molecule has 0 radical (unpaired) electrons. The highest BCUT2D eigenvalue weighted by atomic mass is 32.1. The summed E-state index contributed by atoms with van der Waals surface area (Å²) in [5, 5.41) is 7.76. The van der Waals surface area contributed by atoms with Gasteiger partial charge in [0.2, 0.25) is 0 Å². The summed E-state index contributed by atoms with van der Waals surface area (Å²) in [5.74, 6) is 0. The van der Waals surface area contributed by atoms with E-state index in [0.717, 1.165) is 13.0 Å². The van der Waals surface area contributed by atoms with Crippen LogP contribution in [0.1, 0.15) is 36.6 Å². The molecule has 0 aliphatic rings. The van der Waals surface area contributed by atoms with Gasteiger partial charge >= 0.3 is 6.03 Å². The van der Waals surface area contributed by atoms with Gasteiger partial charge in [-0.1, -0.05) is 19.8 Å². The number of hydrogen-bond donors (Lipinski definition) is 2. The molecule has 90 valence electrons. The first-order valence-corrected chi connectivity index (χ1v) is 6.66. The summed E-state index contributed by atoms with van der Waals surface area (Å²) in [6.45, 7) is 5.61. The van der Waals surface area contributed by atoms with E-state index in [1.165, 1.54) is 23.3 Å². The van der Waals surface area contributed by atoms with E-state index in [4.69, 9.17) is 0 Å². The molecule has 2 N–H and O–H groups in total. The van der Waals surface area contributed by atoms with Gasteiger partial charge in [0.15, 0.2) is 0 Å². The van der Waals surface area contributed by atoms with Crippen molar-refractivity contribution >= 4 is 17.4 Å². The lowest BCUT2D eigenvalue weighted by Gasteiger charge is -2.06. The minimum absolute atomic E-state index is 0.0658. The third-order valence-corrected chi connectivity index (χ3v) is 3.47. The molecule has 1 rings (SSSR count). The van der Waals surface area contributed by atoms with E-state index in [1.54, 1.807) is 11.3 Å². The average Bonchev–Trinajstić information content (AvgIpc) is 2.67. The lowest BCUT2D eigenvalue weighted by atomic mass is 10.2. The molecule has 0 unspecified atom stereocenters. The standard InChI is InChI=1S/C12H20N2OS/c1-3-4-5-7-13-12(15)14-9-11-10(2)6-8-16-11/h6,8H,3-5,7,9H2,1-2H3,(H2,13,14,15). The molecule has 1 aromatic rings. The zero-order valence-electron chi connectivity index (χ0n) is 10.0. The topological polar surface area (TPSA) is 41.1 Å². The van der Waals surface area contributed by atoms with Crippen LogP contribution in [0.5, 0.6) is 0 Å². The predicted molar refractivity (Wildman–Crippen MR) is 68.8 cm³/mol. The van der Waals surface area contributed by atoms with Crippen LogP contribution >= 0.6 is 11.3 Å². The molecule has 1 aromatic heterocycles. The third-order valence-electron chi connectivity index (χ3n) is 2.44. The summed E-state index contributed by atoms with van der Waals surface area (Å²) in [7, 11) is 0. The molecule has 0 saturated heterocycles. The maximum Gasteiger partial charge on any atom is 0.315 e. The maximum absolute atomic E-state index is 11.4. The molecule has 3 nitrogen and oxygen atoms in total. The van der Waals surface area contributed by atoms with Crippen molar-refractivity contribution in [2.75, 3.05) is 6.54 Å². The van der Waals surface area contributed by atoms with Gasteiger partial charge in [-0.15, -0.1) is 11.3 Å². The van der Waals surface area contributed by atoms with E-state index in [1.807, 2.05) is 5.38 Å². The molecule has 4 heteroatoms. The molecular weight excluding hydrogens is 220 g/mol. The Bertz CT molecular complexity index is 323. The highest BCUT2D eigenvalue weighted by molar-refractivity contribution is 7.10. The Morgan fingerprint density at radius 2 is 2.19 bits per heavy atom. The zero-order chi connectivity index (χ0) is 11.8. The first kappa shape index (κ1) is 13.0. The van der Waals surface area contributed by atoms with Gasteiger partial charge in [-0.2, -0.15) is 0 Å². The van der Waals surface area contributed by atoms with Crippen molar-refractivity contribution in [2.24, 2.45) is 0 Å². The monoisotopic (exact) mass is 240 g/mol. The van der Waals surface area contributed by atoms with Crippen LogP contribution in [0.25, 0.3) is 0 Å². The van der Waals surface area contributed by atoms with Gasteiger partial charge in [0.05, 0.1) is 6.54 Å². The van der Waals surface area contributed by atoms with Crippen molar-refractivity contribution in [2.45, 2.75) is 39.7 Å². The minimum Gasteiger partial charge on any atom is -0.338 e. The van der Waals surface area contributed by atoms with E-state index >= 15 is 0 Å². The van der Waals surface area contributed by atoms with Crippen LogP contribution in [-0.4, -0.2) is 12.6 Å². The van der Waals surface area contributed by atoms with Crippen LogP contribution in [0.15, 0.2) is 11.4 Å². The van der Waals surface area contributed by atoms with Crippen LogP contribution in [0, 0.1) is 6.92 Å². The summed E-state index contributed by atoms with van der Waals surface area (Å²) in [6.07, 6.45) is 3.41. The number of carbonyl (C=O) groups excluding carboxylic acids is 1. The number of rotatable bonds is 6. The summed E-state index contributed by atoms with van der Waals surface area (Å²) in [4.78, 5) is 12.6. The van der Waals surface area contributed by atoms with Crippen LogP contribution in [-0.2, 0) is 6.54 Å². The van der Waals surface area contributed by atoms with E-state index in [9.17, 15) is 4.79 Å². The van der Waals surface area contributed by atoms with Gasteiger partial charge in [-0.25, -0.2) is 4.79 Å². The zero-order valence-corrected chi connectivity index (χ0v) is 10.8. The first-order valence-electron chi connectivity index (χ1n) is 5.78. The normalized spacial score (nSPS) is 10.1. The number of thiophene rings is 1. The van der Waals surface area contributed by atoms with Gasteiger partial charge in [-0.3, -0.25) is 0 Å². The molecule has 2 amide bonds. The third kappa shape index (κ3) is 4.66. The molecular formula is C12H20N2OS. The van der Waals surface area contributed by atoms with E-state index in [-0.39, 0.29) is 6.03 Å². The molecule has 0 spiro atoms. The SMILES string of the molecule is CCCCCNC(=O)NCc1sccc1C. The predicted octanol–water partition coefficient (Wildman–Crippen LogP) is 3.05. The Labute approximate surface area is 101 Å². The summed E-state index contributed by atoms with van der Waals surface area (Å²) in [5.41, 5.74) is 1.25. The summed E-state index contributed by atoms with van der Waals surface area (Å²) in [6, 6.07) is 2.00. The fraction of sp³-hybridized carbons (Fsp3) is 0.583. The smallest absolute Gasteiger partial charge is 0.315 e. The lowest BCUT2D eigenvalue weighted by molar-refractivity contribution is 0.240. The first-order chi connectivity index (χ1) is 7.74. The molecule has 0 aromatic carbocycles. The van der Waals surface area contributed by atoms with Gasteiger partial charge in [0.25, 0.3) is 0 Å². The molecule has 0 aliphatic heterocycles. The average molecular weight is 240 g/mol. The second-order valence-corrected chi connectivity index (χ2v) is 4.84. The largest absolute Gasteiger partial charge is 0.338 e. The van der Waals surface area contributed by atoms with Crippen molar-refractivity contribution in [3.8, 4) is 0 Å². The molecule has 1 heterocycles. The number of carbonyl (C=O) groups is 1. The van der Waals surface area contributed by atoms with Gasteiger partial charge in [0, 0.05) is 11.4 Å².